The number of hydrogen-bond acceptors (Lipinski definition) is 3. The molecule has 1 fully saturated rings. The van der Waals surface area contributed by atoms with Crippen LogP contribution in [0.5, 0.6) is 0 Å². The summed E-state index contributed by atoms with van der Waals surface area (Å²) in [7, 11) is 0. The first-order chi connectivity index (χ1) is 12.4. The van der Waals surface area contributed by atoms with Crippen molar-refractivity contribution >= 4 is 5.91 Å². The Bertz CT molecular complexity index is 823. The molecule has 2 aliphatic heterocycles. The van der Waals surface area contributed by atoms with E-state index in [4.69, 9.17) is 4.74 Å². The van der Waals surface area contributed by atoms with E-state index in [9.17, 15) is 18.0 Å². The number of H-pyrrole nitrogens is 1. The number of benzene rings is 1. The van der Waals surface area contributed by atoms with Crippen LogP contribution in [0.15, 0.2) is 24.3 Å². The number of halogens is 3. The molecule has 0 unspecified atom stereocenters. The van der Waals surface area contributed by atoms with Crippen LogP contribution in [0.3, 0.4) is 0 Å². The van der Waals surface area contributed by atoms with Crippen molar-refractivity contribution in [2.75, 3.05) is 13.1 Å². The molecule has 4 rings (SSSR count). The van der Waals surface area contributed by atoms with Crippen LogP contribution < -0.4 is 0 Å². The topological polar surface area (TPSA) is 58.2 Å². The Morgan fingerprint density at radius 3 is 2.65 bits per heavy atom. The number of fused-ring (bicyclic) bond motifs is 1. The van der Waals surface area contributed by atoms with Gasteiger partial charge < -0.3 is 9.64 Å². The van der Waals surface area contributed by atoms with Gasteiger partial charge in [0.15, 0.2) is 5.69 Å². The van der Waals surface area contributed by atoms with Crippen LogP contribution in [0.2, 0.25) is 0 Å². The fourth-order valence-corrected chi connectivity index (χ4v) is 3.76. The first-order valence-electron chi connectivity index (χ1n) is 8.54. The zero-order chi connectivity index (χ0) is 18.3. The molecule has 138 valence electrons. The van der Waals surface area contributed by atoms with Gasteiger partial charge >= 0.3 is 6.18 Å². The molecule has 0 aliphatic carbocycles. The molecule has 1 N–H and O–H groups in total. The molecular formula is C18H18F3N3O2. The monoisotopic (exact) mass is 365 g/mol. The largest absolute Gasteiger partial charge is 0.416 e. The van der Waals surface area contributed by atoms with Crippen molar-refractivity contribution in [3.05, 3.63) is 52.3 Å². The Balaban J connectivity index is 1.47. The highest BCUT2D eigenvalue weighted by Crippen LogP contribution is 2.38. The third kappa shape index (κ3) is 2.98. The third-order valence-corrected chi connectivity index (χ3v) is 5.14. The summed E-state index contributed by atoms with van der Waals surface area (Å²) in [5.74, 6) is -0.388. The standard InChI is InChI=1S/C18H18F3N3O2/c19-18(20,21)14-4-2-1-3-12(14)11-5-7-24(8-6-11)17(25)16-13-9-26-10-15(13)22-23-16/h1-4,11H,5-10H2,(H,22,23). The lowest BCUT2D eigenvalue weighted by atomic mass is 9.86. The molecule has 5 nitrogen and oxygen atoms in total. The molecule has 1 aromatic heterocycles. The minimum absolute atomic E-state index is 0.185. The van der Waals surface area contributed by atoms with Crippen LogP contribution >= 0.6 is 0 Å². The number of aromatic nitrogens is 2. The van der Waals surface area contributed by atoms with E-state index in [0.29, 0.717) is 50.4 Å². The van der Waals surface area contributed by atoms with Crippen molar-refractivity contribution in [2.45, 2.75) is 38.1 Å². The minimum atomic E-state index is -4.36. The van der Waals surface area contributed by atoms with Crippen molar-refractivity contribution < 1.29 is 22.7 Å². The van der Waals surface area contributed by atoms with Gasteiger partial charge in [0.2, 0.25) is 0 Å². The quantitative estimate of drug-likeness (QED) is 0.887. The molecule has 1 aromatic carbocycles. The predicted molar refractivity (Wildman–Crippen MR) is 86.4 cm³/mol. The first-order valence-corrected chi connectivity index (χ1v) is 8.54. The number of aromatic amines is 1. The predicted octanol–water partition coefficient (Wildman–Crippen LogP) is 3.48. The summed E-state index contributed by atoms with van der Waals surface area (Å²) in [6, 6.07) is 5.71. The lowest BCUT2D eigenvalue weighted by Crippen LogP contribution is -2.38. The number of nitrogens with one attached hydrogen (secondary N) is 1. The first kappa shape index (κ1) is 17.1. The molecule has 0 bridgehead atoms. The maximum absolute atomic E-state index is 13.2. The van der Waals surface area contributed by atoms with Gasteiger partial charge in [-0.2, -0.15) is 18.3 Å². The number of carbonyl (C=O) groups is 1. The number of likely N-dealkylation sites (tertiary alicyclic amines) is 1. The van der Waals surface area contributed by atoms with E-state index in [1.807, 2.05) is 0 Å². The fraction of sp³-hybridized carbons (Fsp3) is 0.444. The lowest BCUT2D eigenvalue weighted by molar-refractivity contribution is -0.138. The lowest BCUT2D eigenvalue weighted by Gasteiger charge is -2.33. The highest BCUT2D eigenvalue weighted by Gasteiger charge is 2.36. The molecule has 8 heteroatoms. The second-order valence-corrected chi connectivity index (χ2v) is 6.67. The summed E-state index contributed by atoms with van der Waals surface area (Å²) < 4.78 is 45.0. The van der Waals surface area contributed by atoms with Gasteiger partial charge in [-0.15, -0.1) is 0 Å². The number of rotatable bonds is 2. The maximum atomic E-state index is 13.2. The molecule has 26 heavy (non-hydrogen) atoms. The van der Waals surface area contributed by atoms with E-state index in [-0.39, 0.29) is 11.8 Å². The van der Waals surface area contributed by atoms with Crippen LogP contribution in [-0.2, 0) is 24.1 Å². The number of piperidine rings is 1. The minimum Gasteiger partial charge on any atom is -0.370 e. The molecule has 0 spiro atoms. The number of hydrogen-bond donors (Lipinski definition) is 1. The van der Waals surface area contributed by atoms with Gasteiger partial charge in [-0.3, -0.25) is 9.89 Å². The van der Waals surface area contributed by atoms with Crippen LogP contribution in [-0.4, -0.2) is 34.1 Å². The van der Waals surface area contributed by atoms with Gasteiger partial charge in [0.1, 0.15) is 0 Å². The normalized spacial score (nSPS) is 18.2. The molecule has 2 aliphatic rings. The number of amides is 1. The highest BCUT2D eigenvalue weighted by atomic mass is 19.4. The Morgan fingerprint density at radius 2 is 1.92 bits per heavy atom. The van der Waals surface area contributed by atoms with Gasteiger partial charge in [0.25, 0.3) is 5.91 Å². The molecule has 1 saturated heterocycles. The Labute approximate surface area is 148 Å². The summed E-state index contributed by atoms with van der Waals surface area (Å²) >= 11 is 0. The summed E-state index contributed by atoms with van der Waals surface area (Å²) in [5.41, 5.74) is 1.72. The molecule has 1 amide bonds. The van der Waals surface area contributed by atoms with Gasteiger partial charge in [-0.1, -0.05) is 18.2 Å². The van der Waals surface area contributed by atoms with Crippen LogP contribution in [0.1, 0.15) is 51.6 Å². The maximum Gasteiger partial charge on any atom is 0.416 e. The Kier molecular flexibility index (Phi) is 4.22. The Morgan fingerprint density at radius 1 is 1.19 bits per heavy atom. The van der Waals surface area contributed by atoms with Gasteiger partial charge in [0.05, 0.1) is 24.5 Å². The summed E-state index contributed by atoms with van der Waals surface area (Å²) in [6.45, 7) is 1.62. The summed E-state index contributed by atoms with van der Waals surface area (Å²) in [6.07, 6.45) is -3.36. The number of carbonyl (C=O) groups excluding carboxylic acids is 1. The summed E-state index contributed by atoms with van der Waals surface area (Å²) in [4.78, 5) is 14.4. The number of nitrogens with zero attached hydrogens (tertiary/aromatic N) is 2. The zero-order valence-electron chi connectivity index (χ0n) is 14.0. The van der Waals surface area contributed by atoms with Crippen LogP contribution in [0, 0.1) is 0 Å². The third-order valence-electron chi connectivity index (χ3n) is 5.14. The average Bonchev–Trinajstić information content (AvgIpc) is 3.24. The Hall–Kier alpha value is -2.35. The van der Waals surface area contributed by atoms with Gasteiger partial charge in [-0.25, -0.2) is 0 Å². The van der Waals surface area contributed by atoms with Gasteiger partial charge in [0, 0.05) is 18.7 Å². The van der Waals surface area contributed by atoms with Crippen LogP contribution in [0.4, 0.5) is 13.2 Å². The second kappa shape index (κ2) is 6.42. The number of alkyl halides is 3. The van der Waals surface area contributed by atoms with E-state index in [0.717, 1.165) is 17.3 Å². The van der Waals surface area contributed by atoms with Crippen LogP contribution in [0.25, 0.3) is 0 Å². The van der Waals surface area contributed by atoms with E-state index in [1.54, 1.807) is 17.0 Å². The fourth-order valence-electron chi connectivity index (χ4n) is 3.76. The highest BCUT2D eigenvalue weighted by molar-refractivity contribution is 5.94. The van der Waals surface area contributed by atoms with Crippen molar-refractivity contribution in [3.63, 3.8) is 0 Å². The molecule has 0 saturated carbocycles. The summed E-state index contributed by atoms with van der Waals surface area (Å²) in [5, 5.41) is 6.91. The molecule has 0 radical (unpaired) electrons. The van der Waals surface area contributed by atoms with E-state index in [2.05, 4.69) is 10.2 Å². The van der Waals surface area contributed by atoms with E-state index < -0.39 is 11.7 Å². The van der Waals surface area contributed by atoms with E-state index in [1.165, 1.54) is 6.07 Å². The van der Waals surface area contributed by atoms with E-state index >= 15 is 0 Å². The number of ether oxygens (including phenoxy) is 1. The molecule has 0 atom stereocenters. The molecule has 3 heterocycles. The van der Waals surface area contributed by atoms with Crippen molar-refractivity contribution in [1.82, 2.24) is 15.1 Å². The smallest absolute Gasteiger partial charge is 0.370 e. The van der Waals surface area contributed by atoms with Crippen molar-refractivity contribution in [3.8, 4) is 0 Å². The zero-order valence-corrected chi connectivity index (χ0v) is 14.0. The molecule has 2 aromatic rings. The van der Waals surface area contributed by atoms with Gasteiger partial charge in [-0.05, 0) is 30.4 Å². The van der Waals surface area contributed by atoms with Crippen molar-refractivity contribution in [1.29, 1.82) is 0 Å². The SMILES string of the molecule is O=C(c1n[nH]c2c1COC2)N1CCC(c2ccccc2C(F)(F)F)CC1. The van der Waals surface area contributed by atoms with Crippen molar-refractivity contribution in [2.24, 2.45) is 0 Å². The average molecular weight is 365 g/mol. The second-order valence-electron chi connectivity index (χ2n) is 6.67. The molecular weight excluding hydrogens is 347 g/mol.